The third-order valence-corrected chi connectivity index (χ3v) is 2.32. The Morgan fingerprint density at radius 1 is 1.79 bits per heavy atom. The van der Waals surface area contributed by atoms with Gasteiger partial charge < -0.3 is 5.73 Å². The third kappa shape index (κ3) is 1.46. The average molecular weight is 190 g/mol. The van der Waals surface area contributed by atoms with Crippen LogP contribution in [0, 0.1) is 17.2 Å². The number of aromatic nitrogens is 2. The molecule has 1 heterocycles. The number of rotatable bonds is 2. The number of carbonyl (C=O) groups is 1. The minimum absolute atomic E-state index is 0.119. The molecule has 0 spiro atoms. The second-order valence-corrected chi connectivity index (χ2v) is 3.51. The molecule has 5 heteroatoms. The number of hydrogen-bond acceptors (Lipinski definition) is 4. The van der Waals surface area contributed by atoms with Crippen LogP contribution in [-0.4, -0.2) is 15.7 Å². The van der Waals surface area contributed by atoms with Crippen molar-refractivity contribution in [3.63, 3.8) is 0 Å². The van der Waals surface area contributed by atoms with E-state index in [9.17, 15) is 4.79 Å². The lowest BCUT2D eigenvalue weighted by Crippen LogP contribution is -2.15. The van der Waals surface area contributed by atoms with Crippen LogP contribution in [0.3, 0.4) is 0 Å². The van der Waals surface area contributed by atoms with Crippen molar-refractivity contribution < 1.29 is 4.79 Å². The highest BCUT2D eigenvalue weighted by Gasteiger charge is 2.26. The van der Waals surface area contributed by atoms with Crippen LogP contribution in [-0.2, 0) is 0 Å². The molecule has 1 aromatic rings. The zero-order chi connectivity index (χ0) is 10.1. The molecular weight excluding hydrogens is 180 g/mol. The van der Waals surface area contributed by atoms with E-state index in [2.05, 4.69) is 5.10 Å². The predicted octanol–water partition coefficient (Wildman–Crippen LogP) is 0.777. The molecule has 2 N–H and O–H groups in total. The van der Waals surface area contributed by atoms with Gasteiger partial charge in [0.05, 0.1) is 6.20 Å². The quantitative estimate of drug-likeness (QED) is 0.746. The van der Waals surface area contributed by atoms with E-state index in [0.29, 0.717) is 12.3 Å². The summed E-state index contributed by atoms with van der Waals surface area (Å²) in [5.41, 5.74) is 5.83. The monoisotopic (exact) mass is 190 g/mol. The van der Waals surface area contributed by atoms with Gasteiger partial charge in [0.1, 0.15) is 17.5 Å². The Labute approximate surface area is 81.1 Å². The van der Waals surface area contributed by atoms with E-state index >= 15 is 0 Å². The molecule has 1 fully saturated rings. The Morgan fingerprint density at radius 2 is 2.50 bits per heavy atom. The minimum Gasteiger partial charge on any atom is -0.382 e. The first-order valence-electron chi connectivity index (χ1n) is 4.49. The number of anilines is 1. The number of carbonyl (C=O) groups excluding carboxylic acids is 1. The maximum absolute atomic E-state index is 11.6. The van der Waals surface area contributed by atoms with E-state index in [1.807, 2.05) is 6.07 Å². The lowest BCUT2D eigenvalue weighted by molar-refractivity contribution is 0.0883. The molecule has 72 valence electrons. The summed E-state index contributed by atoms with van der Waals surface area (Å²) >= 11 is 0. The summed E-state index contributed by atoms with van der Waals surface area (Å²) in [5, 5.41) is 12.4. The molecule has 0 amide bonds. The van der Waals surface area contributed by atoms with Crippen LogP contribution in [0.5, 0.6) is 0 Å². The summed E-state index contributed by atoms with van der Waals surface area (Å²) in [6, 6.07) is 1.88. The van der Waals surface area contributed by atoms with Crippen LogP contribution in [0.25, 0.3) is 0 Å². The van der Waals surface area contributed by atoms with Gasteiger partial charge in [-0.3, -0.25) is 4.79 Å². The van der Waals surface area contributed by atoms with Gasteiger partial charge in [-0.05, 0) is 18.8 Å². The molecule has 1 saturated carbocycles. The Kier molecular flexibility index (Phi) is 1.97. The molecule has 0 saturated heterocycles. The van der Waals surface area contributed by atoms with Gasteiger partial charge in [-0.15, -0.1) is 0 Å². The molecule has 1 aromatic heterocycles. The summed E-state index contributed by atoms with van der Waals surface area (Å²) in [7, 11) is 0. The Balaban J connectivity index is 2.18. The largest absolute Gasteiger partial charge is 0.382 e. The van der Waals surface area contributed by atoms with E-state index < -0.39 is 0 Å². The molecule has 5 nitrogen and oxygen atoms in total. The van der Waals surface area contributed by atoms with Gasteiger partial charge in [-0.25, -0.2) is 0 Å². The smallest absolute Gasteiger partial charge is 0.249 e. The van der Waals surface area contributed by atoms with E-state index in [4.69, 9.17) is 11.0 Å². The van der Waals surface area contributed by atoms with Gasteiger partial charge in [0.15, 0.2) is 0 Å². The van der Waals surface area contributed by atoms with Gasteiger partial charge in [0.2, 0.25) is 5.91 Å². The van der Waals surface area contributed by atoms with Crippen LogP contribution in [0.15, 0.2) is 6.20 Å². The van der Waals surface area contributed by atoms with Gasteiger partial charge in [0, 0.05) is 6.42 Å². The second-order valence-electron chi connectivity index (χ2n) is 3.51. The average Bonchev–Trinajstić information content (AvgIpc) is 2.88. The van der Waals surface area contributed by atoms with E-state index in [0.717, 1.165) is 17.5 Å². The fourth-order valence-electron chi connectivity index (χ4n) is 1.30. The maximum Gasteiger partial charge on any atom is 0.249 e. The fourth-order valence-corrected chi connectivity index (χ4v) is 1.30. The molecule has 2 rings (SSSR count). The van der Waals surface area contributed by atoms with Crippen LogP contribution in [0.1, 0.15) is 29.6 Å². The number of nitrogens with two attached hydrogens (primary N) is 1. The van der Waals surface area contributed by atoms with E-state index in [1.165, 1.54) is 6.20 Å². The lowest BCUT2D eigenvalue weighted by atomic mass is 10.3. The number of nitriles is 1. The number of nitrogen functional groups attached to an aromatic ring is 1. The highest BCUT2D eigenvalue weighted by atomic mass is 16.2. The highest BCUT2D eigenvalue weighted by Crippen LogP contribution is 2.32. The molecule has 0 aromatic carbocycles. The highest BCUT2D eigenvalue weighted by molar-refractivity contribution is 5.82. The molecule has 14 heavy (non-hydrogen) atoms. The van der Waals surface area contributed by atoms with Crippen molar-refractivity contribution in [2.45, 2.75) is 19.3 Å². The predicted molar refractivity (Wildman–Crippen MR) is 49.3 cm³/mol. The van der Waals surface area contributed by atoms with Crippen LogP contribution >= 0.6 is 0 Å². The standard InChI is InChI=1S/C9H10N4O/c10-4-7-5-12-13(9(7)11)8(14)3-6-1-2-6/h5-6H,1-3,11H2. The first-order chi connectivity index (χ1) is 6.72. The summed E-state index contributed by atoms with van der Waals surface area (Å²) < 4.78 is 1.12. The molecule has 0 unspecified atom stereocenters. The molecule has 0 bridgehead atoms. The normalized spacial score (nSPS) is 15.1. The zero-order valence-electron chi connectivity index (χ0n) is 7.60. The first-order valence-corrected chi connectivity index (χ1v) is 4.49. The SMILES string of the molecule is N#Cc1cnn(C(=O)CC2CC2)c1N. The van der Waals surface area contributed by atoms with Crippen molar-refractivity contribution in [2.24, 2.45) is 5.92 Å². The Bertz CT molecular complexity index is 411. The second kappa shape index (κ2) is 3.14. The molecule has 1 aliphatic rings. The summed E-state index contributed by atoms with van der Waals surface area (Å²) in [6.07, 6.45) is 4.02. The van der Waals surface area contributed by atoms with Gasteiger partial charge in [0.25, 0.3) is 0 Å². The lowest BCUT2D eigenvalue weighted by Gasteiger charge is -2.00. The van der Waals surface area contributed by atoms with Crippen molar-refractivity contribution in [3.8, 4) is 6.07 Å². The van der Waals surface area contributed by atoms with Gasteiger partial charge in [-0.1, -0.05) is 0 Å². The van der Waals surface area contributed by atoms with Crippen LogP contribution in [0.2, 0.25) is 0 Å². The van der Waals surface area contributed by atoms with Crippen molar-refractivity contribution in [2.75, 3.05) is 5.73 Å². The Morgan fingerprint density at radius 3 is 3.00 bits per heavy atom. The molecule has 0 radical (unpaired) electrons. The van der Waals surface area contributed by atoms with Crippen molar-refractivity contribution in [1.82, 2.24) is 9.78 Å². The van der Waals surface area contributed by atoms with Crippen molar-refractivity contribution in [3.05, 3.63) is 11.8 Å². The Hall–Kier alpha value is -1.83. The number of nitrogens with zero attached hydrogens (tertiary/aromatic N) is 3. The molecule has 0 atom stereocenters. The summed E-state index contributed by atoms with van der Waals surface area (Å²) in [6.45, 7) is 0. The zero-order valence-corrected chi connectivity index (χ0v) is 7.60. The first kappa shape index (κ1) is 8.75. The fraction of sp³-hybridized carbons (Fsp3) is 0.444. The third-order valence-electron chi connectivity index (χ3n) is 2.32. The summed E-state index contributed by atoms with van der Waals surface area (Å²) in [5.74, 6) is 0.529. The van der Waals surface area contributed by atoms with Crippen LogP contribution in [0.4, 0.5) is 5.82 Å². The summed E-state index contributed by atoms with van der Waals surface area (Å²) in [4.78, 5) is 11.6. The van der Waals surface area contributed by atoms with Gasteiger partial charge >= 0.3 is 0 Å². The molecule has 1 aliphatic carbocycles. The van der Waals surface area contributed by atoms with Gasteiger partial charge in [-0.2, -0.15) is 15.0 Å². The van der Waals surface area contributed by atoms with Crippen LogP contribution < -0.4 is 5.73 Å². The number of hydrogen-bond donors (Lipinski definition) is 1. The van der Waals surface area contributed by atoms with E-state index in [-0.39, 0.29) is 17.3 Å². The molecular formula is C9H10N4O. The van der Waals surface area contributed by atoms with Crippen molar-refractivity contribution >= 4 is 11.7 Å². The molecule has 0 aliphatic heterocycles. The van der Waals surface area contributed by atoms with Crippen molar-refractivity contribution in [1.29, 1.82) is 5.26 Å². The topological polar surface area (TPSA) is 84.7 Å². The van der Waals surface area contributed by atoms with E-state index in [1.54, 1.807) is 0 Å². The minimum atomic E-state index is -0.119. The maximum atomic E-state index is 11.6.